The molecule has 9 nitrogen and oxygen atoms in total. The number of rotatable bonds is 8. The topological polar surface area (TPSA) is 109 Å². The van der Waals surface area contributed by atoms with Crippen molar-refractivity contribution in [2.75, 3.05) is 29.7 Å². The summed E-state index contributed by atoms with van der Waals surface area (Å²) in [4.78, 5) is 40.9. The lowest BCUT2D eigenvalue weighted by Gasteiger charge is -2.23. The molecular weight excluding hydrogens is 484 g/mol. The van der Waals surface area contributed by atoms with Crippen LogP contribution in [0.4, 0.5) is 10.7 Å². The highest BCUT2D eigenvalue weighted by molar-refractivity contribution is 8.01. The number of thioether (sulfide) groups is 2. The van der Waals surface area contributed by atoms with Crippen LogP contribution < -0.4 is 21.1 Å². The molecule has 0 spiro atoms. The van der Waals surface area contributed by atoms with Crippen molar-refractivity contribution in [3.05, 3.63) is 40.3 Å². The van der Waals surface area contributed by atoms with E-state index in [4.69, 9.17) is 9.47 Å². The van der Waals surface area contributed by atoms with E-state index in [-0.39, 0.29) is 40.4 Å². The maximum Gasteiger partial charge on any atom is 0.348 e. The molecule has 0 bridgehead atoms. The summed E-state index contributed by atoms with van der Waals surface area (Å²) in [6.45, 7) is 3.53. The van der Waals surface area contributed by atoms with Crippen LogP contribution in [0.2, 0.25) is 0 Å². The number of fused-ring (bicyclic) bond motifs is 3. The Morgan fingerprint density at radius 3 is 2.76 bits per heavy atom. The average Bonchev–Trinajstić information content (AvgIpc) is 3.45. The normalized spacial score (nSPS) is 18.6. The Morgan fingerprint density at radius 2 is 2.00 bits per heavy atom. The number of benzene rings is 1. The Kier molecular flexibility index (Phi) is 7.49. The molecule has 0 radical (unpaired) electrons. The highest BCUT2D eigenvalue weighted by atomic mass is 32.2. The van der Waals surface area contributed by atoms with Crippen LogP contribution in [0.15, 0.2) is 29.2 Å². The van der Waals surface area contributed by atoms with E-state index in [1.807, 2.05) is 12.1 Å². The second-order valence-corrected chi connectivity index (χ2v) is 10.5. The molecule has 2 aliphatic rings. The summed E-state index contributed by atoms with van der Waals surface area (Å²) in [6.07, 6.45) is 0.239. The molecule has 2 aromatic rings. The summed E-state index contributed by atoms with van der Waals surface area (Å²) in [5.74, 6) is -0.824. The number of hydrazine groups is 1. The molecule has 2 atom stereocenters. The van der Waals surface area contributed by atoms with E-state index < -0.39 is 11.9 Å². The molecule has 3 N–H and O–H groups in total. The predicted molar refractivity (Wildman–Crippen MR) is 131 cm³/mol. The second-order valence-electron chi connectivity index (χ2n) is 7.13. The second kappa shape index (κ2) is 10.3. The fourth-order valence-corrected chi connectivity index (χ4v) is 6.99. The molecule has 4 rings (SSSR count). The number of nitrogens with zero attached hydrogens (tertiary/aromatic N) is 1. The van der Waals surface area contributed by atoms with E-state index in [2.05, 4.69) is 33.2 Å². The van der Waals surface area contributed by atoms with E-state index >= 15 is 0 Å². The van der Waals surface area contributed by atoms with Crippen LogP contribution in [0.1, 0.15) is 38.9 Å². The smallest absolute Gasteiger partial charge is 0.348 e. The molecule has 2 aliphatic heterocycles. The van der Waals surface area contributed by atoms with Gasteiger partial charge in [0.25, 0.3) is 0 Å². The largest absolute Gasteiger partial charge is 0.465 e. The number of ether oxygens (including phenoxy) is 2. The fourth-order valence-electron chi connectivity index (χ4n) is 3.55. The van der Waals surface area contributed by atoms with Gasteiger partial charge in [0.1, 0.15) is 20.9 Å². The van der Waals surface area contributed by atoms with Crippen LogP contribution in [0.3, 0.4) is 0 Å². The van der Waals surface area contributed by atoms with Gasteiger partial charge in [-0.15, -0.1) is 23.1 Å². The SMILES string of the molecule is CCOC(=O)c1c(NC(=O)CCS[C@H]2NN[C@@H]3Sc4ccccc4N23)sc(C(=O)OC)c1C. The molecule has 1 fully saturated rings. The first-order chi connectivity index (χ1) is 15.9. The lowest BCUT2D eigenvalue weighted by atomic mass is 10.1. The molecule has 0 unspecified atom stereocenters. The molecular formula is C21H24N4O5S3. The fraction of sp³-hybridized carbons (Fsp3) is 0.381. The molecule has 1 amide bonds. The van der Waals surface area contributed by atoms with Crippen molar-refractivity contribution in [3.8, 4) is 0 Å². The number of thiophene rings is 1. The van der Waals surface area contributed by atoms with Gasteiger partial charge in [0, 0.05) is 17.1 Å². The van der Waals surface area contributed by atoms with E-state index in [1.54, 1.807) is 37.4 Å². The van der Waals surface area contributed by atoms with Gasteiger partial charge in [-0.3, -0.25) is 4.79 Å². The van der Waals surface area contributed by atoms with Gasteiger partial charge < -0.3 is 19.7 Å². The summed E-state index contributed by atoms with van der Waals surface area (Å²) in [5, 5.41) is 3.08. The summed E-state index contributed by atoms with van der Waals surface area (Å²) in [7, 11) is 1.27. The van der Waals surface area contributed by atoms with Crippen molar-refractivity contribution >= 4 is 63.4 Å². The van der Waals surface area contributed by atoms with Crippen LogP contribution >= 0.6 is 34.9 Å². The lowest BCUT2D eigenvalue weighted by Crippen LogP contribution is -2.34. The van der Waals surface area contributed by atoms with E-state index in [0.29, 0.717) is 16.3 Å². The van der Waals surface area contributed by atoms with Gasteiger partial charge in [0.15, 0.2) is 0 Å². The number of amides is 1. The highest BCUT2D eigenvalue weighted by Gasteiger charge is 2.40. The maximum atomic E-state index is 12.7. The van der Waals surface area contributed by atoms with Gasteiger partial charge in [-0.05, 0) is 31.5 Å². The summed E-state index contributed by atoms with van der Waals surface area (Å²) in [6, 6.07) is 8.23. The number of hydrogen-bond donors (Lipinski definition) is 3. The van der Waals surface area contributed by atoms with Gasteiger partial charge in [-0.1, -0.05) is 23.9 Å². The van der Waals surface area contributed by atoms with Gasteiger partial charge in [-0.2, -0.15) is 0 Å². The number of para-hydroxylation sites is 1. The lowest BCUT2D eigenvalue weighted by molar-refractivity contribution is -0.115. The molecule has 1 aromatic carbocycles. The molecule has 176 valence electrons. The number of hydrogen-bond acceptors (Lipinski definition) is 11. The Morgan fingerprint density at radius 1 is 1.21 bits per heavy atom. The third-order valence-corrected chi connectivity index (χ3v) is 8.53. The first-order valence-electron chi connectivity index (χ1n) is 10.3. The Bertz CT molecular complexity index is 1080. The molecule has 1 saturated heterocycles. The molecule has 3 heterocycles. The van der Waals surface area contributed by atoms with Crippen LogP contribution in [0.25, 0.3) is 0 Å². The van der Waals surface area contributed by atoms with E-state index in [9.17, 15) is 14.4 Å². The zero-order chi connectivity index (χ0) is 23.5. The van der Waals surface area contributed by atoms with Crippen molar-refractivity contribution in [1.82, 2.24) is 10.9 Å². The highest BCUT2D eigenvalue weighted by Crippen LogP contribution is 2.46. The van der Waals surface area contributed by atoms with Crippen molar-refractivity contribution in [2.24, 2.45) is 0 Å². The number of methoxy groups -OCH3 is 1. The first kappa shape index (κ1) is 23.9. The predicted octanol–water partition coefficient (Wildman–Crippen LogP) is 3.37. The van der Waals surface area contributed by atoms with Crippen molar-refractivity contribution in [1.29, 1.82) is 0 Å². The summed E-state index contributed by atoms with van der Waals surface area (Å²) in [5.41, 5.74) is 8.44. The Labute approximate surface area is 203 Å². The Hall–Kier alpha value is -2.25. The number of anilines is 2. The quantitative estimate of drug-likeness (QED) is 0.459. The number of nitrogens with one attached hydrogen (secondary N) is 3. The number of carbonyl (C=O) groups excluding carboxylic acids is 3. The van der Waals surface area contributed by atoms with Gasteiger partial charge >= 0.3 is 11.9 Å². The molecule has 0 aliphatic carbocycles. The van der Waals surface area contributed by atoms with Crippen LogP contribution in [-0.4, -0.2) is 48.3 Å². The molecule has 0 saturated carbocycles. The third kappa shape index (κ3) is 4.85. The molecule has 33 heavy (non-hydrogen) atoms. The van der Waals surface area contributed by atoms with Crippen molar-refractivity contribution in [2.45, 2.75) is 36.2 Å². The number of esters is 2. The zero-order valence-corrected chi connectivity index (χ0v) is 20.7. The minimum atomic E-state index is -0.580. The minimum Gasteiger partial charge on any atom is -0.465 e. The molecule has 1 aromatic heterocycles. The van der Waals surface area contributed by atoms with Gasteiger partial charge in [-0.25, -0.2) is 20.4 Å². The maximum absolute atomic E-state index is 12.7. The van der Waals surface area contributed by atoms with Crippen molar-refractivity contribution < 1.29 is 23.9 Å². The standard InChI is InChI=1S/C21H24N4O5S3/c1-4-30-18(27)15-11(2)16(19(28)29-3)33-17(15)22-14(26)9-10-31-20-23-24-21-25(20)12-7-5-6-8-13(12)32-21/h5-8,20-21,23-24H,4,9-10H2,1-3H3,(H,22,26)/t20-,21-/m0/s1. The zero-order valence-electron chi connectivity index (χ0n) is 18.3. The van der Waals surface area contributed by atoms with Crippen LogP contribution in [0, 0.1) is 6.92 Å². The van der Waals surface area contributed by atoms with E-state index in [0.717, 1.165) is 17.0 Å². The third-order valence-electron chi connectivity index (χ3n) is 5.07. The first-order valence-corrected chi connectivity index (χ1v) is 13.0. The van der Waals surface area contributed by atoms with Gasteiger partial charge in [0.05, 0.1) is 25.0 Å². The average molecular weight is 509 g/mol. The summed E-state index contributed by atoms with van der Waals surface area (Å²) >= 11 is 4.38. The Balaban J connectivity index is 1.38. The van der Waals surface area contributed by atoms with Crippen LogP contribution in [0.5, 0.6) is 0 Å². The van der Waals surface area contributed by atoms with Crippen LogP contribution in [-0.2, 0) is 14.3 Å². The van der Waals surface area contributed by atoms with Gasteiger partial charge in [0.2, 0.25) is 5.91 Å². The molecule has 12 heteroatoms. The minimum absolute atomic E-state index is 0.0102. The van der Waals surface area contributed by atoms with Crippen molar-refractivity contribution in [3.63, 3.8) is 0 Å². The summed E-state index contributed by atoms with van der Waals surface area (Å²) < 4.78 is 9.91. The number of carbonyl (C=O) groups is 3. The monoisotopic (exact) mass is 508 g/mol. The van der Waals surface area contributed by atoms with E-state index in [1.165, 1.54) is 12.0 Å².